The minimum absolute atomic E-state index is 0.737. The zero-order valence-electron chi connectivity index (χ0n) is 7.66. The molecule has 4 heteroatoms. The van der Waals surface area contributed by atoms with Crippen molar-refractivity contribution >= 4 is 5.82 Å². The van der Waals surface area contributed by atoms with Crippen LogP contribution in [-0.2, 0) is 0 Å². The lowest BCUT2D eigenvalue weighted by Gasteiger charge is -2.17. The van der Waals surface area contributed by atoms with Crippen LogP contribution in [0.25, 0.3) is 0 Å². The van der Waals surface area contributed by atoms with Crippen molar-refractivity contribution in [2.45, 2.75) is 12.8 Å². The fraction of sp³-hybridized carbons (Fsp3) is 0.556. The molecule has 1 aromatic heterocycles. The highest BCUT2D eigenvalue weighted by atomic mass is 16.5. The Morgan fingerprint density at radius 2 is 2.23 bits per heavy atom. The number of rotatable bonds is 2. The summed E-state index contributed by atoms with van der Waals surface area (Å²) >= 11 is 0. The molecule has 1 radical (unpaired) electrons. The smallest absolute Gasteiger partial charge is 0.200 e. The summed E-state index contributed by atoms with van der Waals surface area (Å²) in [7, 11) is 1.64. The maximum atomic E-state index is 5.17. The minimum Gasteiger partial charge on any atom is -0.491 e. The van der Waals surface area contributed by atoms with E-state index in [4.69, 9.17) is 4.74 Å². The molecule has 69 valence electrons. The molecule has 1 aromatic rings. The first-order valence-electron chi connectivity index (χ1n) is 4.44. The maximum absolute atomic E-state index is 5.17. The maximum Gasteiger partial charge on any atom is 0.200 e. The number of aromatic nitrogens is 2. The molecule has 0 bridgehead atoms. The normalized spacial score (nSPS) is 16.2. The Hall–Kier alpha value is -1.32. The SMILES string of the molecule is COc1cn[c]nc1N1CCCC1. The van der Waals surface area contributed by atoms with Crippen LogP contribution in [0.5, 0.6) is 5.75 Å². The molecule has 0 atom stereocenters. The number of nitrogens with zero attached hydrogens (tertiary/aromatic N) is 3. The van der Waals surface area contributed by atoms with Crippen LogP contribution in [0, 0.1) is 6.33 Å². The highest BCUT2D eigenvalue weighted by Gasteiger charge is 2.17. The topological polar surface area (TPSA) is 38.3 Å². The predicted octanol–water partition coefficient (Wildman–Crippen LogP) is 0.886. The number of hydrogen-bond acceptors (Lipinski definition) is 4. The monoisotopic (exact) mass is 178 g/mol. The van der Waals surface area contributed by atoms with Gasteiger partial charge in [-0.3, -0.25) is 0 Å². The summed E-state index contributed by atoms with van der Waals surface area (Å²) in [5.41, 5.74) is 0. The molecular formula is C9H12N3O. The molecule has 1 aliphatic rings. The van der Waals surface area contributed by atoms with Crippen molar-refractivity contribution in [1.82, 2.24) is 9.97 Å². The standard InChI is InChI=1S/C9H12N3O/c1-13-8-6-10-7-11-9(8)12-4-2-3-5-12/h6H,2-5H2,1H3. The van der Waals surface area contributed by atoms with Crippen LogP contribution in [0.1, 0.15) is 12.8 Å². The van der Waals surface area contributed by atoms with E-state index in [0.717, 1.165) is 24.7 Å². The largest absolute Gasteiger partial charge is 0.491 e. The highest BCUT2D eigenvalue weighted by Crippen LogP contribution is 2.26. The van der Waals surface area contributed by atoms with Crippen LogP contribution in [0.4, 0.5) is 5.82 Å². The second-order valence-corrected chi connectivity index (χ2v) is 3.06. The van der Waals surface area contributed by atoms with E-state index in [1.165, 1.54) is 12.8 Å². The van der Waals surface area contributed by atoms with Gasteiger partial charge in [0.1, 0.15) is 0 Å². The molecule has 1 fully saturated rings. The van der Waals surface area contributed by atoms with Crippen molar-refractivity contribution < 1.29 is 4.74 Å². The molecule has 1 aliphatic heterocycles. The second-order valence-electron chi connectivity index (χ2n) is 3.06. The van der Waals surface area contributed by atoms with Gasteiger partial charge in [0.2, 0.25) is 0 Å². The Morgan fingerprint density at radius 1 is 1.46 bits per heavy atom. The van der Waals surface area contributed by atoms with Gasteiger partial charge in [0.15, 0.2) is 17.9 Å². The van der Waals surface area contributed by atoms with Crippen LogP contribution in [0.15, 0.2) is 6.20 Å². The Bertz CT molecular complexity index is 284. The Balaban J connectivity index is 2.26. The molecule has 0 amide bonds. The van der Waals surface area contributed by atoms with Crippen molar-refractivity contribution in [3.63, 3.8) is 0 Å². The van der Waals surface area contributed by atoms with E-state index in [2.05, 4.69) is 21.2 Å². The molecular weight excluding hydrogens is 166 g/mol. The van der Waals surface area contributed by atoms with Gasteiger partial charge in [-0.2, -0.15) is 0 Å². The molecule has 0 N–H and O–H groups in total. The van der Waals surface area contributed by atoms with Crippen LogP contribution >= 0.6 is 0 Å². The Labute approximate surface area is 77.6 Å². The van der Waals surface area contributed by atoms with Crippen molar-refractivity contribution in [3.05, 3.63) is 12.5 Å². The average Bonchev–Trinajstić information content (AvgIpc) is 2.70. The third kappa shape index (κ3) is 1.56. The van der Waals surface area contributed by atoms with Crippen molar-refractivity contribution in [1.29, 1.82) is 0 Å². The molecule has 2 heterocycles. The van der Waals surface area contributed by atoms with E-state index in [-0.39, 0.29) is 0 Å². The van der Waals surface area contributed by atoms with Crippen LogP contribution in [0.2, 0.25) is 0 Å². The van der Waals surface area contributed by atoms with E-state index in [9.17, 15) is 0 Å². The Kier molecular flexibility index (Phi) is 2.29. The molecule has 0 aromatic carbocycles. The zero-order valence-corrected chi connectivity index (χ0v) is 7.66. The lowest BCUT2D eigenvalue weighted by molar-refractivity contribution is 0.410. The molecule has 0 aliphatic carbocycles. The quantitative estimate of drug-likeness (QED) is 0.674. The first-order valence-corrected chi connectivity index (χ1v) is 4.44. The summed E-state index contributed by atoms with van der Waals surface area (Å²) in [5.74, 6) is 1.61. The van der Waals surface area contributed by atoms with Gasteiger partial charge in [0.25, 0.3) is 0 Å². The molecule has 4 nitrogen and oxygen atoms in total. The van der Waals surface area contributed by atoms with Crippen molar-refractivity contribution in [2.24, 2.45) is 0 Å². The van der Waals surface area contributed by atoms with Gasteiger partial charge in [0, 0.05) is 13.1 Å². The zero-order chi connectivity index (χ0) is 9.10. The van der Waals surface area contributed by atoms with E-state index in [1.807, 2.05) is 0 Å². The molecule has 0 spiro atoms. The second kappa shape index (κ2) is 3.60. The van der Waals surface area contributed by atoms with Crippen molar-refractivity contribution in [3.8, 4) is 5.75 Å². The van der Waals surface area contributed by atoms with E-state index < -0.39 is 0 Å². The summed E-state index contributed by atoms with van der Waals surface area (Å²) in [6.07, 6.45) is 6.70. The molecule has 0 saturated carbocycles. The van der Waals surface area contributed by atoms with E-state index in [1.54, 1.807) is 13.3 Å². The third-order valence-electron chi connectivity index (χ3n) is 2.24. The number of methoxy groups -OCH3 is 1. The fourth-order valence-corrected chi connectivity index (χ4v) is 1.58. The lowest BCUT2D eigenvalue weighted by atomic mass is 10.4. The first-order chi connectivity index (χ1) is 6.42. The highest BCUT2D eigenvalue weighted by molar-refractivity contribution is 5.50. The van der Waals surface area contributed by atoms with Crippen LogP contribution < -0.4 is 9.64 Å². The molecule has 2 rings (SSSR count). The van der Waals surface area contributed by atoms with Crippen molar-refractivity contribution in [2.75, 3.05) is 25.1 Å². The van der Waals surface area contributed by atoms with Crippen LogP contribution in [-0.4, -0.2) is 30.2 Å². The molecule has 13 heavy (non-hydrogen) atoms. The summed E-state index contributed by atoms with van der Waals surface area (Å²) in [6, 6.07) is 0. The molecule has 0 unspecified atom stereocenters. The lowest BCUT2D eigenvalue weighted by Crippen LogP contribution is -2.19. The van der Waals surface area contributed by atoms with Gasteiger partial charge in [-0.15, -0.1) is 0 Å². The van der Waals surface area contributed by atoms with Gasteiger partial charge in [-0.1, -0.05) is 0 Å². The summed E-state index contributed by atoms with van der Waals surface area (Å²) < 4.78 is 5.17. The Morgan fingerprint density at radius 3 is 2.92 bits per heavy atom. The number of anilines is 1. The first kappa shape index (κ1) is 8.29. The van der Waals surface area contributed by atoms with E-state index in [0.29, 0.717) is 0 Å². The summed E-state index contributed by atoms with van der Waals surface area (Å²) in [4.78, 5) is 10.1. The van der Waals surface area contributed by atoms with Gasteiger partial charge in [0.05, 0.1) is 13.3 Å². The summed E-state index contributed by atoms with van der Waals surface area (Å²) in [6.45, 7) is 2.11. The molecule has 1 saturated heterocycles. The summed E-state index contributed by atoms with van der Waals surface area (Å²) in [5, 5.41) is 0. The van der Waals surface area contributed by atoms with Crippen LogP contribution in [0.3, 0.4) is 0 Å². The third-order valence-corrected chi connectivity index (χ3v) is 2.24. The minimum atomic E-state index is 0.737. The van der Waals surface area contributed by atoms with Gasteiger partial charge in [-0.05, 0) is 12.8 Å². The average molecular weight is 178 g/mol. The number of ether oxygens (including phenoxy) is 1. The van der Waals surface area contributed by atoms with Gasteiger partial charge < -0.3 is 9.64 Å². The fourth-order valence-electron chi connectivity index (χ4n) is 1.58. The number of hydrogen-bond donors (Lipinski definition) is 0. The predicted molar refractivity (Wildman–Crippen MR) is 48.9 cm³/mol. The van der Waals surface area contributed by atoms with Gasteiger partial charge in [-0.25, -0.2) is 9.97 Å². The van der Waals surface area contributed by atoms with Gasteiger partial charge >= 0.3 is 0 Å². The van der Waals surface area contributed by atoms with E-state index >= 15 is 0 Å².